The first kappa shape index (κ1) is 14.8. The summed E-state index contributed by atoms with van der Waals surface area (Å²) in [5.74, 6) is 0.847. The Hall–Kier alpha value is -1.59. The highest BCUT2D eigenvalue weighted by atomic mass is 16.5. The molecule has 1 amide bonds. The summed E-state index contributed by atoms with van der Waals surface area (Å²) in [6.07, 6.45) is 0. The van der Waals surface area contributed by atoms with Gasteiger partial charge in [0.1, 0.15) is 12.4 Å². The summed E-state index contributed by atoms with van der Waals surface area (Å²) in [6, 6.07) is 7.84. The number of benzene rings is 1. The molecule has 1 atom stereocenters. The SMILES string of the molecule is CCOCC(=O)N1CCNCC1c1ccccc1OC. The summed E-state index contributed by atoms with van der Waals surface area (Å²) >= 11 is 0. The van der Waals surface area contributed by atoms with Crippen LogP contribution in [-0.2, 0) is 9.53 Å². The van der Waals surface area contributed by atoms with E-state index < -0.39 is 0 Å². The number of hydrogen-bond donors (Lipinski definition) is 1. The lowest BCUT2D eigenvalue weighted by Gasteiger charge is -2.37. The van der Waals surface area contributed by atoms with Crippen molar-refractivity contribution in [3.63, 3.8) is 0 Å². The minimum absolute atomic E-state index is 0.00661. The Bertz CT molecular complexity index is 450. The molecule has 1 N–H and O–H groups in total. The van der Waals surface area contributed by atoms with Gasteiger partial charge in [-0.15, -0.1) is 0 Å². The van der Waals surface area contributed by atoms with Gasteiger partial charge < -0.3 is 19.7 Å². The van der Waals surface area contributed by atoms with Gasteiger partial charge in [0.15, 0.2) is 0 Å². The normalized spacial score (nSPS) is 18.9. The molecule has 1 aliphatic heterocycles. The van der Waals surface area contributed by atoms with Crippen LogP contribution in [0.25, 0.3) is 0 Å². The van der Waals surface area contributed by atoms with Crippen LogP contribution < -0.4 is 10.1 Å². The van der Waals surface area contributed by atoms with Crippen LogP contribution in [0.15, 0.2) is 24.3 Å². The largest absolute Gasteiger partial charge is 0.496 e. The predicted molar refractivity (Wildman–Crippen MR) is 76.8 cm³/mol. The Kier molecular flexibility index (Phi) is 5.38. The second-order valence-corrected chi connectivity index (χ2v) is 4.69. The molecule has 5 nitrogen and oxygen atoms in total. The number of hydrogen-bond acceptors (Lipinski definition) is 4. The van der Waals surface area contributed by atoms with E-state index in [1.165, 1.54) is 0 Å². The molecule has 0 radical (unpaired) electrons. The van der Waals surface area contributed by atoms with Crippen molar-refractivity contribution < 1.29 is 14.3 Å². The lowest BCUT2D eigenvalue weighted by molar-refractivity contribution is -0.139. The van der Waals surface area contributed by atoms with Gasteiger partial charge in [0, 0.05) is 31.8 Å². The molecule has 2 rings (SSSR count). The Morgan fingerprint density at radius 3 is 3.00 bits per heavy atom. The fourth-order valence-corrected chi connectivity index (χ4v) is 2.49. The minimum atomic E-state index is -0.00661. The standard InChI is InChI=1S/C15H22N2O3/c1-3-20-11-15(18)17-9-8-16-10-13(17)12-6-4-5-7-14(12)19-2/h4-7,13,16H,3,8-11H2,1-2H3. The van der Waals surface area contributed by atoms with Gasteiger partial charge in [-0.25, -0.2) is 0 Å². The Balaban J connectivity index is 2.20. The second kappa shape index (κ2) is 7.26. The number of methoxy groups -OCH3 is 1. The summed E-state index contributed by atoms with van der Waals surface area (Å²) in [5.41, 5.74) is 1.03. The Labute approximate surface area is 119 Å². The predicted octanol–water partition coefficient (Wildman–Crippen LogP) is 1.20. The van der Waals surface area contributed by atoms with Crippen LogP contribution in [0.4, 0.5) is 0 Å². The van der Waals surface area contributed by atoms with Gasteiger partial charge in [-0.05, 0) is 13.0 Å². The molecule has 1 aliphatic rings. The van der Waals surface area contributed by atoms with E-state index in [4.69, 9.17) is 9.47 Å². The van der Waals surface area contributed by atoms with E-state index in [9.17, 15) is 4.79 Å². The van der Waals surface area contributed by atoms with Crippen molar-refractivity contribution in [2.24, 2.45) is 0 Å². The maximum atomic E-state index is 12.3. The highest BCUT2D eigenvalue weighted by Crippen LogP contribution is 2.30. The van der Waals surface area contributed by atoms with Crippen molar-refractivity contribution in [3.05, 3.63) is 29.8 Å². The number of nitrogens with zero attached hydrogens (tertiary/aromatic N) is 1. The fourth-order valence-electron chi connectivity index (χ4n) is 2.49. The van der Waals surface area contributed by atoms with E-state index in [1.807, 2.05) is 36.1 Å². The van der Waals surface area contributed by atoms with E-state index in [1.54, 1.807) is 7.11 Å². The molecule has 1 saturated heterocycles. The van der Waals surface area contributed by atoms with E-state index in [-0.39, 0.29) is 18.6 Å². The highest BCUT2D eigenvalue weighted by molar-refractivity contribution is 5.78. The summed E-state index contributed by atoms with van der Waals surface area (Å²) < 4.78 is 10.7. The molecule has 20 heavy (non-hydrogen) atoms. The van der Waals surface area contributed by atoms with Gasteiger partial charge in [-0.1, -0.05) is 18.2 Å². The van der Waals surface area contributed by atoms with Gasteiger partial charge in [-0.2, -0.15) is 0 Å². The molecule has 1 fully saturated rings. The van der Waals surface area contributed by atoms with Crippen LogP contribution in [0.1, 0.15) is 18.5 Å². The van der Waals surface area contributed by atoms with E-state index in [0.717, 1.165) is 24.4 Å². The van der Waals surface area contributed by atoms with Crippen LogP contribution in [0.5, 0.6) is 5.75 Å². The van der Waals surface area contributed by atoms with Crippen molar-refractivity contribution in [1.29, 1.82) is 0 Å². The zero-order valence-corrected chi connectivity index (χ0v) is 12.1. The average molecular weight is 278 g/mol. The number of carbonyl (C=O) groups is 1. The molecule has 1 unspecified atom stereocenters. The monoisotopic (exact) mass is 278 g/mol. The summed E-state index contributed by atoms with van der Waals surface area (Å²) in [7, 11) is 1.65. The third kappa shape index (κ3) is 3.29. The van der Waals surface area contributed by atoms with Crippen LogP contribution in [0, 0.1) is 0 Å². The second-order valence-electron chi connectivity index (χ2n) is 4.69. The van der Waals surface area contributed by atoms with Crippen LogP contribution >= 0.6 is 0 Å². The molecule has 110 valence electrons. The highest BCUT2D eigenvalue weighted by Gasteiger charge is 2.29. The van der Waals surface area contributed by atoms with E-state index >= 15 is 0 Å². The molecule has 0 aromatic heterocycles. The zero-order valence-electron chi connectivity index (χ0n) is 12.1. The number of rotatable bonds is 5. The van der Waals surface area contributed by atoms with Gasteiger partial charge in [0.05, 0.1) is 13.2 Å². The van der Waals surface area contributed by atoms with Crippen LogP contribution in [0.2, 0.25) is 0 Å². The first-order valence-corrected chi connectivity index (χ1v) is 6.98. The zero-order chi connectivity index (χ0) is 14.4. The molecule has 0 aliphatic carbocycles. The van der Waals surface area contributed by atoms with Gasteiger partial charge in [-0.3, -0.25) is 4.79 Å². The van der Waals surface area contributed by atoms with Crippen LogP contribution in [0.3, 0.4) is 0 Å². The molecular formula is C15H22N2O3. The van der Waals surface area contributed by atoms with Gasteiger partial charge in [0.2, 0.25) is 5.91 Å². The number of ether oxygens (including phenoxy) is 2. The van der Waals surface area contributed by atoms with Crippen molar-refractivity contribution >= 4 is 5.91 Å². The van der Waals surface area contributed by atoms with E-state index in [0.29, 0.717) is 13.2 Å². The van der Waals surface area contributed by atoms with E-state index in [2.05, 4.69) is 5.32 Å². The molecule has 0 saturated carbocycles. The van der Waals surface area contributed by atoms with Crippen molar-refractivity contribution in [1.82, 2.24) is 10.2 Å². The first-order chi connectivity index (χ1) is 9.77. The molecular weight excluding hydrogens is 256 g/mol. The number of nitrogens with one attached hydrogen (secondary N) is 1. The third-order valence-electron chi connectivity index (χ3n) is 3.49. The maximum Gasteiger partial charge on any atom is 0.249 e. The Morgan fingerprint density at radius 2 is 2.25 bits per heavy atom. The quantitative estimate of drug-likeness (QED) is 0.879. The van der Waals surface area contributed by atoms with Gasteiger partial charge >= 0.3 is 0 Å². The number of amides is 1. The summed E-state index contributed by atoms with van der Waals surface area (Å²) in [5, 5.41) is 3.34. The minimum Gasteiger partial charge on any atom is -0.496 e. The summed E-state index contributed by atoms with van der Waals surface area (Å²) in [6.45, 7) is 4.82. The maximum absolute atomic E-state index is 12.3. The third-order valence-corrected chi connectivity index (χ3v) is 3.49. The van der Waals surface area contributed by atoms with Crippen molar-refractivity contribution in [2.75, 3.05) is 40.0 Å². The lowest BCUT2D eigenvalue weighted by atomic mass is 10.0. The average Bonchev–Trinajstić information content (AvgIpc) is 2.52. The fraction of sp³-hybridized carbons (Fsp3) is 0.533. The Morgan fingerprint density at radius 1 is 1.45 bits per heavy atom. The molecule has 1 heterocycles. The molecule has 1 aromatic rings. The molecule has 0 bridgehead atoms. The smallest absolute Gasteiger partial charge is 0.249 e. The number of para-hydroxylation sites is 1. The molecule has 0 spiro atoms. The van der Waals surface area contributed by atoms with Crippen molar-refractivity contribution in [2.45, 2.75) is 13.0 Å². The summed E-state index contributed by atoms with van der Waals surface area (Å²) in [4.78, 5) is 14.2. The van der Waals surface area contributed by atoms with Crippen LogP contribution in [-0.4, -0.2) is 50.8 Å². The topological polar surface area (TPSA) is 50.8 Å². The number of piperazine rings is 1. The first-order valence-electron chi connectivity index (χ1n) is 6.98. The van der Waals surface area contributed by atoms with Gasteiger partial charge in [0.25, 0.3) is 0 Å². The molecule has 5 heteroatoms. The number of carbonyl (C=O) groups excluding carboxylic acids is 1. The molecule has 1 aromatic carbocycles. The lowest BCUT2D eigenvalue weighted by Crippen LogP contribution is -2.49. The van der Waals surface area contributed by atoms with Crippen molar-refractivity contribution in [3.8, 4) is 5.75 Å².